The molecule has 1 saturated heterocycles. The monoisotopic (exact) mass is 442 g/mol. The van der Waals surface area contributed by atoms with Gasteiger partial charge < -0.3 is 19.1 Å². The third-order valence-electron chi connectivity index (χ3n) is 4.79. The molecule has 1 atom stereocenters. The second-order valence-electron chi connectivity index (χ2n) is 8.47. The molecule has 1 aromatic carbocycles. The van der Waals surface area contributed by atoms with Gasteiger partial charge in [0.05, 0.1) is 19.3 Å². The third kappa shape index (κ3) is 6.29. The maximum absolute atomic E-state index is 14.1. The van der Waals surface area contributed by atoms with Crippen molar-refractivity contribution in [2.75, 3.05) is 20.3 Å². The van der Waals surface area contributed by atoms with Gasteiger partial charge >= 0.3 is 12.1 Å². The smallest absolute Gasteiger partial charge is 0.410 e. The number of esters is 1. The topological polar surface area (TPSA) is 78.0 Å². The Morgan fingerprint density at radius 3 is 2.62 bits per heavy atom. The molecule has 1 fully saturated rings. The Morgan fingerprint density at radius 2 is 1.97 bits per heavy atom. The molecule has 7 nitrogen and oxygen atoms in total. The highest BCUT2D eigenvalue weighted by molar-refractivity contribution is 5.87. The number of hydrogen-bond donors (Lipinski definition) is 0. The van der Waals surface area contributed by atoms with Crippen molar-refractivity contribution in [2.24, 2.45) is 0 Å². The van der Waals surface area contributed by atoms with Crippen LogP contribution in [0.5, 0.6) is 5.75 Å². The predicted molar refractivity (Wildman–Crippen MR) is 118 cm³/mol. The van der Waals surface area contributed by atoms with Crippen molar-refractivity contribution in [1.82, 2.24) is 9.88 Å². The normalized spacial score (nSPS) is 15.9. The summed E-state index contributed by atoms with van der Waals surface area (Å²) in [4.78, 5) is 29.4. The van der Waals surface area contributed by atoms with Crippen molar-refractivity contribution in [1.29, 1.82) is 0 Å². The van der Waals surface area contributed by atoms with Crippen LogP contribution in [0.25, 0.3) is 17.2 Å². The van der Waals surface area contributed by atoms with Crippen molar-refractivity contribution < 1.29 is 28.2 Å². The molecule has 0 bridgehead atoms. The van der Waals surface area contributed by atoms with Crippen molar-refractivity contribution in [3.05, 3.63) is 54.1 Å². The first kappa shape index (κ1) is 23.2. The second kappa shape index (κ2) is 9.80. The fourth-order valence-electron chi connectivity index (χ4n) is 3.13. The second-order valence-corrected chi connectivity index (χ2v) is 8.47. The van der Waals surface area contributed by atoms with Gasteiger partial charge in [0, 0.05) is 24.4 Å². The van der Waals surface area contributed by atoms with Crippen LogP contribution in [-0.4, -0.2) is 53.9 Å². The molecule has 32 heavy (non-hydrogen) atoms. The van der Waals surface area contributed by atoms with Gasteiger partial charge in [-0.15, -0.1) is 0 Å². The first-order valence-corrected chi connectivity index (χ1v) is 10.3. The molecule has 0 aliphatic carbocycles. The molecule has 0 radical (unpaired) electrons. The lowest BCUT2D eigenvalue weighted by atomic mass is 10.0. The van der Waals surface area contributed by atoms with Crippen LogP contribution in [0.4, 0.5) is 9.18 Å². The number of halogens is 1. The van der Waals surface area contributed by atoms with Gasteiger partial charge in [-0.3, -0.25) is 4.98 Å². The SMILES string of the molecule is COC(=O)/C=C/c1cc(F)cc(-c2cncc(OC[C@@H]3CCN3C(=O)OC(C)(C)C)c2)c1. The van der Waals surface area contributed by atoms with E-state index in [9.17, 15) is 14.0 Å². The molecule has 0 saturated carbocycles. The van der Waals surface area contributed by atoms with Crippen LogP contribution in [-0.2, 0) is 14.3 Å². The van der Waals surface area contributed by atoms with E-state index in [1.165, 1.54) is 31.4 Å². The molecule has 2 aromatic rings. The lowest BCUT2D eigenvalue weighted by Crippen LogP contribution is -2.55. The van der Waals surface area contributed by atoms with Crippen molar-refractivity contribution in [3.8, 4) is 16.9 Å². The number of carbonyl (C=O) groups excluding carboxylic acids is 2. The summed E-state index contributed by atoms with van der Waals surface area (Å²) in [6.07, 6.45) is 6.35. The summed E-state index contributed by atoms with van der Waals surface area (Å²) < 4.78 is 29.9. The molecule has 170 valence electrons. The maximum Gasteiger partial charge on any atom is 0.410 e. The van der Waals surface area contributed by atoms with Crippen molar-refractivity contribution >= 4 is 18.1 Å². The van der Waals surface area contributed by atoms with Crippen molar-refractivity contribution in [3.63, 3.8) is 0 Å². The highest BCUT2D eigenvalue weighted by Crippen LogP contribution is 2.27. The summed E-state index contributed by atoms with van der Waals surface area (Å²) in [5.41, 5.74) is 1.21. The van der Waals surface area contributed by atoms with Gasteiger partial charge in [0.2, 0.25) is 0 Å². The molecule has 8 heteroatoms. The largest absolute Gasteiger partial charge is 0.490 e. The lowest BCUT2D eigenvalue weighted by Gasteiger charge is -2.40. The average Bonchev–Trinajstić information content (AvgIpc) is 2.69. The third-order valence-corrected chi connectivity index (χ3v) is 4.79. The Labute approximate surface area is 186 Å². The highest BCUT2D eigenvalue weighted by Gasteiger charge is 2.35. The van der Waals surface area contributed by atoms with Crippen LogP contribution >= 0.6 is 0 Å². The molecule has 1 amide bonds. The minimum absolute atomic E-state index is 0.0715. The number of benzene rings is 1. The summed E-state index contributed by atoms with van der Waals surface area (Å²) in [6, 6.07) is 6.12. The van der Waals surface area contributed by atoms with E-state index < -0.39 is 17.4 Å². The zero-order chi connectivity index (χ0) is 23.3. The zero-order valence-corrected chi connectivity index (χ0v) is 18.6. The number of likely N-dealkylation sites (tertiary alicyclic amines) is 1. The fourth-order valence-corrected chi connectivity index (χ4v) is 3.13. The number of rotatable bonds is 6. The number of methoxy groups -OCH3 is 1. The van der Waals surface area contributed by atoms with Crippen LogP contribution in [0.1, 0.15) is 32.8 Å². The minimum Gasteiger partial charge on any atom is -0.490 e. The molecule has 0 spiro atoms. The highest BCUT2D eigenvalue weighted by atomic mass is 19.1. The van der Waals surface area contributed by atoms with Gasteiger partial charge in [-0.25, -0.2) is 14.0 Å². The number of ether oxygens (including phenoxy) is 3. The molecule has 1 aliphatic heterocycles. The first-order valence-electron chi connectivity index (χ1n) is 10.3. The Bertz CT molecular complexity index is 1020. The van der Waals surface area contributed by atoms with E-state index in [0.717, 1.165) is 6.42 Å². The zero-order valence-electron chi connectivity index (χ0n) is 18.6. The number of aromatic nitrogens is 1. The van der Waals surface area contributed by atoms with Gasteiger partial charge in [-0.2, -0.15) is 0 Å². The summed E-state index contributed by atoms with van der Waals surface area (Å²) in [5, 5.41) is 0. The van der Waals surface area contributed by atoms with E-state index in [2.05, 4.69) is 9.72 Å². The van der Waals surface area contributed by atoms with Gasteiger partial charge in [0.15, 0.2) is 0 Å². The van der Waals surface area contributed by atoms with E-state index in [4.69, 9.17) is 9.47 Å². The first-order chi connectivity index (χ1) is 15.1. The number of pyridine rings is 1. The predicted octanol–water partition coefficient (Wildman–Crippen LogP) is 4.46. The molecular formula is C24H27FN2O5. The number of hydrogen-bond acceptors (Lipinski definition) is 6. The number of amides is 1. The minimum atomic E-state index is -0.549. The molecule has 2 heterocycles. The number of carbonyl (C=O) groups is 2. The number of nitrogens with zero attached hydrogens (tertiary/aromatic N) is 2. The van der Waals surface area contributed by atoms with E-state index in [1.54, 1.807) is 29.4 Å². The van der Waals surface area contributed by atoms with E-state index >= 15 is 0 Å². The molecule has 0 N–H and O–H groups in total. The quantitative estimate of drug-likeness (QED) is 0.486. The Morgan fingerprint density at radius 1 is 1.19 bits per heavy atom. The van der Waals surface area contributed by atoms with Gasteiger partial charge in [0.1, 0.15) is 23.8 Å². The van der Waals surface area contributed by atoms with Crippen LogP contribution < -0.4 is 4.74 Å². The molecule has 0 unspecified atom stereocenters. The summed E-state index contributed by atoms with van der Waals surface area (Å²) in [7, 11) is 1.27. The summed E-state index contributed by atoms with van der Waals surface area (Å²) in [5.74, 6) is -0.459. The standard InChI is InChI=1S/C24H27FN2O5/c1-24(2,3)32-23(29)27-8-7-20(27)15-31-21-12-18(13-26-14-21)17-9-16(10-19(25)11-17)5-6-22(28)30-4/h5-6,9-14,20H,7-8,15H2,1-4H3/b6-5+/t20-/m0/s1. The fraction of sp³-hybridized carbons (Fsp3) is 0.375. The van der Waals surface area contributed by atoms with Crippen LogP contribution in [0.3, 0.4) is 0 Å². The Kier molecular flexibility index (Phi) is 7.12. The van der Waals surface area contributed by atoms with E-state index in [-0.39, 0.29) is 12.1 Å². The van der Waals surface area contributed by atoms with Crippen LogP contribution in [0.15, 0.2) is 42.7 Å². The lowest BCUT2D eigenvalue weighted by molar-refractivity contribution is -0.134. The van der Waals surface area contributed by atoms with E-state index in [0.29, 0.717) is 35.6 Å². The van der Waals surface area contributed by atoms with Gasteiger partial charge in [-0.1, -0.05) is 0 Å². The van der Waals surface area contributed by atoms with Crippen molar-refractivity contribution in [2.45, 2.75) is 38.8 Å². The summed E-state index contributed by atoms with van der Waals surface area (Å²) in [6.45, 7) is 6.43. The van der Waals surface area contributed by atoms with E-state index in [1.807, 2.05) is 20.8 Å². The van der Waals surface area contributed by atoms with Crippen LogP contribution in [0.2, 0.25) is 0 Å². The van der Waals surface area contributed by atoms with Crippen LogP contribution in [0, 0.1) is 5.82 Å². The Balaban J connectivity index is 1.67. The Hall–Kier alpha value is -3.42. The maximum atomic E-state index is 14.1. The molecule has 3 rings (SSSR count). The van der Waals surface area contributed by atoms with Gasteiger partial charge in [0.25, 0.3) is 0 Å². The molecule has 1 aromatic heterocycles. The molecule has 1 aliphatic rings. The summed E-state index contributed by atoms with van der Waals surface area (Å²) >= 11 is 0. The van der Waals surface area contributed by atoms with Gasteiger partial charge in [-0.05, 0) is 68.7 Å². The molecular weight excluding hydrogens is 415 g/mol. The average molecular weight is 442 g/mol.